The first kappa shape index (κ1) is 14.3. The highest BCUT2D eigenvalue weighted by atomic mass is 16.5. The van der Waals surface area contributed by atoms with E-state index in [-0.39, 0.29) is 17.2 Å². The molecular weight excluding hydrogens is 254 g/mol. The van der Waals surface area contributed by atoms with Crippen LogP contribution in [-0.4, -0.2) is 37.4 Å². The van der Waals surface area contributed by atoms with Gasteiger partial charge in [0.05, 0.1) is 20.4 Å². The zero-order chi connectivity index (χ0) is 14.4. The Bertz CT molecular complexity index is 502. The maximum Gasteiger partial charge on any atom is 0.329 e. The van der Waals surface area contributed by atoms with Gasteiger partial charge >= 0.3 is 11.8 Å². The number of aromatic hydroxyl groups is 1. The highest BCUT2D eigenvalue weighted by Gasteiger charge is 2.10. The number of nitrogens with one attached hydrogen (secondary N) is 1. The Kier molecular flexibility index (Phi) is 4.69. The van der Waals surface area contributed by atoms with Crippen LogP contribution < -0.4 is 20.6 Å². The van der Waals surface area contributed by atoms with E-state index in [1.807, 2.05) is 5.43 Å². The highest BCUT2D eigenvalue weighted by molar-refractivity contribution is 6.34. The third-order valence-corrected chi connectivity index (χ3v) is 2.11. The molecule has 2 amide bonds. The van der Waals surface area contributed by atoms with E-state index >= 15 is 0 Å². The number of benzene rings is 1. The summed E-state index contributed by atoms with van der Waals surface area (Å²) >= 11 is 0. The molecule has 4 N–H and O–H groups in total. The van der Waals surface area contributed by atoms with Gasteiger partial charge in [-0.1, -0.05) is 0 Å². The Morgan fingerprint density at radius 1 is 1.32 bits per heavy atom. The Morgan fingerprint density at radius 3 is 2.26 bits per heavy atom. The number of hydrogen-bond donors (Lipinski definition) is 3. The second kappa shape index (κ2) is 6.24. The summed E-state index contributed by atoms with van der Waals surface area (Å²) in [6.45, 7) is 0. The fraction of sp³-hybridized carbons (Fsp3) is 0.182. The smallest absolute Gasteiger partial charge is 0.329 e. The van der Waals surface area contributed by atoms with Crippen molar-refractivity contribution < 1.29 is 24.2 Å². The largest absolute Gasteiger partial charge is 0.502 e. The van der Waals surface area contributed by atoms with Crippen LogP contribution >= 0.6 is 0 Å². The molecule has 0 saturated carbocycles. The van der Waals surface area contributed by atoms with Gasteiger partial charge < -0.3 is 20.3 Å². The van der Waals surface area contributed by atoms with Gasteiger partial charge in [-0.05, 0) is 12.1 Å². The number of carbonyl (C=O) groups is 2. The van der Waals surface area contributed by atoms with E-state index < -0.39 is 11.8 Å². The summed E-state index contributed by atoms with van der Waals surface area (Å²) in [5, 5.41) is 13.2. The summed E-state index contributed by atoms with van der Waals surface area (Å²) in [5.41, 5.74) is 7.14. The minimum Gasteiger partial charge on any atom is -0.502 e. The lowest BCUT2D eigenvalue weighted by Crippen LogP contribution is -2.32. The Balaban J connectivity index is 2.92. The van der Waals surface area contributed by atoms with Crippen molar-refractivity contribution in [3.8, 4) is 17.2 Å². The second-order valence-electron chi connectivity index (χ2n) is 3.34. The summed E-state index contributed by atoms with van der Waals surface area (Å²) in [7, 11) is 2.76. The molecule has 8 heteroatoms. The minimum absolute atomic E-state index is 0.150. The molecule has 1 aromatic rings. The van der Waals surface area contributed by atoms with E-state index in [9.17, 15) is 14.7 Å². The number of rotatable bonds is 4. The molecule has 8 nitrogen and oxygen atoms in total. The van der Waals surface area contributed by atoms with Gasteiger partial charge in [0.25, 0.3) is 0 Å². The van der Waals surface area contributed by atoms with Crippen LogP contribution in [0.5, 0.6) is 17.2 Å². The van der Waals surface area contributed by atoms with Crippen molar-refractivity contribution in [3.05, 3.63) is 17.7 Å². The Hall–Kier alpha value is -2.77. The number of phenols is 1. The number of phenolic OH excluding ortho intramolecular Hbond substituents is 1. The lowest BCUT2D eigenvalue weighted by atomic mass is 10.2. The normalized spacial score (nSPS) is 10.2. The first-order valence-corrected chi connectivity index (χ1v) is 5.07. The van der Waals surface area contributed by atoms with Gasteiger partial charge in [0.15, 0.2) is 11.5 Å². The number of hydrazone groups is 1. The van der Waals surface area contributed by atoms with E-state index in [1.165, 1.54) is 32.6 Å². The molecule has 0 fully saturated rings. The first-order valence-electron chi connectivity index (χ1n) is 5.07. The number of nitrogens with two attached hydrogens (primary N) is 1. The molecule has 0 unspecified atom stereocenters. The molecule has 1 rings (SSSR count). The molecule has 0 spiro atoms. The maximum absolute atomic E-state index is 10.8. The summed E-state index contributed by atoms with van der Waals surface area (Å²) in [6, 6.07) is 2.94. The van der Waals surface area contributed by atoms with Crippen molar-refractivity contribution in [2.75, 3.05) is 14.2 Å². The third kappa shape index (κ3) is 3.60. The molecule has 0 bridgehead atoms. The second-order valence-corrected chi connectivity index (χ2v) is 3.34. The van der Waals surface area contributed by atoms with E-state index in [0.29, 0.717) is 5.56 Å². The standard InChI is InChI=1S/C11H13N3O5/c1-18-7-3-6(4-8(19-2)9(7)15)5-13-14-11(17)10(12)16/h3-5,15H,1-2H3,(H2,12,16)(H,14,17)/b13-5+. The lowest BCUT2D eigenvalue weighted by molar-refractivity contribution is -0.137. The number of amides is 2. The molecule has 102 valence electrons. The topological polar surface area (TPSA) is 123 Å². The van der Waals surface area contributed by atoms with Crippen molar-refractivity contribution in [2.24, 2.45) is 10.8 Å². The molecule has 0 atom stereocenters. The third-order valence-electron chi connectivity index (χ3n) is 2.11. The van der Waals surface area contributed by atoms with Crippen LogP contribution in [0, 0.1) is 0 Å². The zero-order valence-corrected chi connectivity index (χ0v) is 10.3. The summed E-state index contributed by atoms with van der Waals surface area (Å²) in [6.07, 6.45) is 1.24. The lowest BCUT2D eigenvalue weighted by Gasteiger charge is -2.09. The molecule has 0 aliphatic carbocycles. The molecule has 0 heterocycles. The van der Waals surface area contributed by atoms with E-state index in [0.717, 1.165) is 0 Å². The van der Waals surface area contributed by atoms with E-state index in [1.54, 1.807) is 0 Å². The minimum atomic E-state index is -1.14. The van der Waals surface area contributed by atoms with Gasteiger partial charge in [0.2, 0.25) is 5.75 Å². The number of primary amides is 1. The van der Waals surface area contributed by atoms with E-state index in [4.69, 9.17) is 15.2 Å². The van der Waals surface area contributed by atoms with Gasteiger partial charge in [-0.2, -0.15) is 5.10 Å². The number of ether oxygens (including phenoxy) is 2. The Labute approximate surface area is 108 Å². The molecule has 0 aliphatic rings. The summed E-state index contributed by atoms with van der Waals surface area (Å²) < 4.78 is 9.88. The van der Waals surface area contributed by atoms with Crippen molar-refractivity contribution in [2.45, 2.75) is 0 Å². The predicted molar refractivity (Wildman–Crippen MR) is 66.1 cm³/mol. The highest BCUT2D eigenvalue weighted by Crippen LogP contribution is 2.36. The van der Waals surface area contributed by atoms with Gasteiger partial charge in [-0.25, -0.2) is 5.43 Å². The van der Waals surface area contributed by atoms with Crippen LogP contribution in [0.4, 0.5) is 0 Å². The van der Waals surface area contributed by atoms with Crippen molar-refractivity contribution in [3.63, 3.8) is 0 Å². The fourth-order valence-electron chi connectivity index (χ4n) is 1.21. The number of hydrogen-bond acceptors (Lipinski definition) is 6. The van der Waals surface area contributed by atoms with Gasteiger partial charge in [0.1, 0.15) is 0 Å². The van der Waals surface area contributed by atoms with Crippen LogP contribution in [0.2, 0.25) is 0 Å². The summed E-state index contributed by atoms with van der Waals surface area (Å²) in [5.74, 6) is -1.96. The van der Waals surface area contributed by atoms with Gasteiger partial charge in [0, 0.05) is 5.56 Å². The summed E-state index contributed by atoms with van der Waals surface area (Å²) in [4.78, 5) is 21.3. The van der Waals surface area contributed by atoms with Crippen LogP contribution in [0.1, 0.15) is 5.56 Å². The monoisotopic (exact) mass is 267 g/mol. The molecule has 0 saturated heterocycles. The first-order chi connectivity index (χ1) is 8.99. The molecule has 1 aromatic carbocycles. The molecule has 19 heavy (non-hydrogen) atoms. The van der Waals surface area contributed by atoms with Crippen molar-refractivity contribution in [1.82, 2.24) is 5.43 Å². The fourth-order valence-corrected chi connectivity index (χ4v) is 1.21. The van der Waals surface area contributed by atoms with Crippen molar-refractivity contribution >= 4 is 18.0 Å². The maximum atomic E-state index is 10.8. The molecular formula is C11H13N3O5. The molecule has 0 radical (unpaired) electrons. The van der Waals surface area contributed by atoms with Crippen LogP contribution in [0.25, 0.3) is 0 Å². The van der Waals surface area contributed by atoms with Crippen LogP contribution in [0.3, 0.4) is 0 Å². The predicted octanol–water partition coefficient (Wildman–Crippen LogP) is -0.655. The molecule has 0 aromatic heterocycles. The average Bonchev–Trinajstić information content (AvgIpc) is 2.39. The number of nitrogens with zero attached hydrogens (tertiary/aromatic N) is 1. The van der Waals surface area contributed by atoms with Gasteiger partial charge in [-0.3, -0.25) is 9.59 Å². The van der Waals surface area contributed by atoms with Crippen LogP contribution in [-0.2, 0) is 9.59 Å². The number of methoxy groups -OCH3 is 2. The SMILES string of the molecule is COc1cc(/C=N/NC(=O)C(N)=O)cc(OC)c1O. The zero-order valence-electron chi connectivity index (χ0n) is 10.3. The van der Waals surface area contributed by atoms with Crippen LogP contribution in [0.15, 0.2) is 17.2 Å². The van der Waals surface area contributed by atoms with Gasteiger partial charge in [-0.15, -0.1) is 0 Å². The Morgan fingerprint density at radius 2 is 1.84 bits per heavy atom. The van der Waals surface area contributed by atoms with E-state index in [2.05, 4.69) is 5.10 Å². The molecule has 0 aliphatic heterocycles. The van der Waals surface area contributed by atoms with Crippen molar-refractivity contribution in [1.29, 1.82) is 0 Å². The number of carbonyl (C=O) groups excluding carboxylic acids is 2. The quantitative estimate of drug-likeness (QED) is 0.380. The average molecular weight is 267 g/mol.